The number of hydrogen-bond acceptors (Lipinski definition) is 16. The molecule has 0 unspecified atom stereocenters. The zero-order chi connectivity index (χ0) is 39.8. The molecule has 0 aromatic heterocycles. The normalized spacial score (nSPS) is 9.74. The van der Waals surface area contributed by atoms with Gasteiger partial charge in [0.2, 0.25) is 0 Å². The molecule has 0 amide bonds. The molecule has 0 aliphatic carbocycles. The van der Waals surface area contributed by atoms with Gasteiger partial charge in [-0.2, -0.15) is 19.6 Å². The summed E-state index contributed by atoms with van der Waals surface area (Å²) in [6.07, 6.45) is 29.6. The van der Waals surface area contributed by atoms with Crippen LogP contribution < -0.4 is 0 Å². The maximum Gasteiger partial charge on any atom is 4.00 e. The van der Waals surface area contributed by atoms with Gasteiger partial charge in [-0.15, -0.1) is 0 Å². The minimum atomic E-state index is 0. The Morgan fingerprint density at radius 3 is 0.604 bits per heavy atom. The van der Waals surface area contributed by atoms with Gasteiger partial charge in [0.05, 0.1) is 44.0 Å². The third kappa shape index (κ3) is 82.0. The number of rotatable bonds is 32. The number of hydrogen-bond donors (Lipinski definition) is 0. The molecule has 0 radical (unpaired) electrons. The van der Waals surface area contributed by atoms with Crippen LogP contribution in [0, 0.1) is 0 Å². The van der Waals surface area contributed by atoms with Crippen LogP contribution in [0.1, 0.15) is 182 Å². The fourth-order valence-corrected chi connectivity index (χ4v) is 4.51. The van der Waals surface area contributed by atoms with Crippen molar-refractivity contribution in [3.63, 3.8) is 0 Å². The van der Waals surface area contributed by atoms with Crippen molar-refractivity contribution in [2.24, 2.45) is 0 Å². The third-order valence-corrected chi connectivity index (χ3v) is 7.38. The van der Waals surface area contributed by atoms with E-state index in [-0.39, 0.29) is 38.6 Å². The molecule has 0 heterocycles. The van der Waals surface area contributed by atoms with E-state index in [0.717, 1.165) is 25.7 Å². The summed E-state index contributed by atoms with van der Waals surface area (Å²) in [5, 5.41) is 0. The summed E-state index contributed by atoms with van der Waals surface area (Å²) in [7, 11) is 0. The van der Waals surface area contributed by atoms with E-state index < -0.39 is 0 Å². The van der Waals surface area contributed by atoms with Crippen molar-refractivity contribution in [3.05, 3.63) is 0 Å². The Kier molecular flexibility index (Phi) is 71.1. The first-order valence-corrected chi connectivity index (χ1v) is 22.4. The van der Waals surface area contributed by atoms with Crippen molar-refractivity contribution in [3.8, 4) is 0 Å². The fraction of sp³-hybridized carbons (Fsp3) is 0.889. The Labute approximate surface area is 382 Å². The van der Waals surface area contributed by atoms with Gasteiger partial charge in [-0.25, -0.2) is 0 Å². The molecule has 0 N–H and O–H groups in total. The van der Waals surface area contributed by atoms with E-state index in [1.807, 2.05) is 0 Å². The number of thiocarbonyl (C=S) groups is 4. The molecule has 0 rings (SSSR count). The smallest absolute Gasteiger partial charge is 0.387 e. The van der Waals surface area contributed by atoms with Crippen molar-refractivity contribution >= 4 is 117 Å². The molecule has 0 bridgehead atoms. The van der Waals surface area contributed by atoms with Crippen LogP contribution in [-0.4, -0.2) is 44.0 Å². The zero-order valence-electron chi connectivity index (χ0n) is 32.7. The second-order valence-electron chi connectivity index (χ2n) is 11.7. The maximum atomic E-state index is 4.76. The van der Waals surface area contributed by atoms with Crippen molar-refractivity contribution in [1.29, 1.82) is 0 Å². The summed E-state index contributed by atoms with van der Waals surface area (Å²) in [5.74, 6) is 0. The molecule has 0 saturated carbocycles. The summed E-state index contributed by atoms with van der Waals surface area (Å²) in [6, 6.07) is 0. The predicted molar refractivity (Wildman–Crippen MR) is 242 cm³/mol. The average molecular weight is 981 g/mol. The predicted octanol–water partition coefficient (Wildman–Crippen LogP) is 12.5. The summed E-state index contributed by atoms with van der Waals surface area (Å²) in [5.41, 5.74) is 0. The Hall–Kier alpha value is 0.968. The molecule has 8 nitrogen and oxygen atoms in total. The van der Waals surface area contributed by atoms with E-state index in [2.05, 4.69) is 147 Å². The largest absolute Gasteiger partial charge is 4.00 e. The van der Waals surface area contributed by atoms with Gasteiger partial charge in [0.25, 0.3) is 0 Å². The molecule has 0 fully saturated rings. The third-order valence-electron chi connectivity index (χ3n) is 6.83. The van der Waals surface area contributed by atoms with E-state index >= 15 is 0 Å². The Balaban J connectivity index is -0.000000192. The van der Waals surface area contributed by atoms with E-state index in [1.165, 1.54) is 128 Å². The first-order chi connectivity index (χ1) is 25.1. The molecule has 0 saturated heterocycles. The molecular weight excluding hydrogens is 913 g/mol. The van der Waals surface area contributed by atoms with Crippen LogP contribution in [0.3, 0.4) is 0 Å². The van der Waals surface area contributed by atoms with Crippen molar-refractivity contribution in [2.45, 2.75) is 182 Å². The van der Waals surface area contributed by atoms with Gasteiger partial charge in [0.1, 0.15) is 0 Å². The van der Waals surface area contributed by atoms with E-state index in [4.69, 9.17) is 19.6 Å². The van der Waals surface area contributed by atoms with Crippen molar-refractivity contribution < 1.29 is 60.2 Å². The Morgan fingerprint density at radius 1 is 0.302 bits per heavy atom. The van der Waals surface area contributed by atoms with Gasteiger partial charge < -0.3 is 119 Å². The molecule has 0 aliphatic heterocycles. The van der Waals surface area contributed by atoms with Crippen LogP contribution in [0.4, 0.5) is 0 Å². The van der Waals surface area contributed by atoms with Crippen LogP contribution in [0.2, 0.25) is 0 Å². The Morgan fingerprint density at radius 2 is 0.453 bits per heavy atom. The molecular formula is C36H68MoO8S8. The fourth-order valence-electron chi connectivity index (χ4n) is 4.12. The number of unbranched alkanes of at least 4 members (excludes halogenated alkanes) is 20. The van der Waals surface area contributed by atoms with Crippen molar-refractivity contribution in [1.82, 2.24) is 0 Å². The van der Waals surface area contributed by atoms with Gasteiger partial charge in [-0.3, -0.25) is 0 Å². The summed E-state index contributed by atoms with van der Waals surface area (Å²) in [4.78, 5) is 37.1. The molecule has 0 aromatic rings. The van der Waals surface area contributed by atoms with Crippen LogP contribution in [0.15, 0.2) is 0 Å². The van der Waals surface area contributed by atoms with Crippen LogP contribution in [-0.2, 0) is 111 Å². The summed E-state index contributed by atoms with van der Waals surface area (Å²) >= 11 is 36.0. The van der Waals surface area contributed by atoms with E-state index in [0.29, 0.717) is 26.4 Å². The second-order valence-corrected chi connectivity index (χ2v) is 15.7. The molecule has 0 spiro atoms. The van der Waals surface area contributed by atoms with Gasteiger partial charge in [0, 0.05) is 0 Å². The SMILES string of the molecule is CCCCCCCCOOC(=S)[S-].CCCCCCCCOOC(=S)[S-].CCCCCCCCOOC(=S)[S-].CCCCCCCCOOC(=S)[S-].[Mo+4]. The monoisotopic (exact) mass is 982 g/mol. The summed E-state index contributed by atoms with van der Waals surface area (Å²) in [6.45, 7) is 11.2. The molecule has 0 aliphatic rings. The van der Waals surface area contributed by atoms with E-state index in [1.54, 1.807) is 0 Å². The quantitative estimate of drug-likeness (QED) is 0.0160. The Bertz CT molecular complexity index is 642. The van der Waals surface area contributed by atoms with Crippen LogP contribution >= 0.6 is 48.9 Å². The molecule has 17 heteroatoms. The minimum absolute atomic E-state index is 0. The maximum absolute atomic E-state index is 4.76. The molecule has 0 atom stereocenters. The van der Waals surface area contributed by atoms with Crippen LogP contribution in [0.25, 0.3) is 0 Å². The topological polar surface area (TPSA) is 73.8 Å². The first-order valence-electron chi connectivity index (χ1n) is 19.1. The average Bonchev–Trinajstić information content (AvgIpc) is 3.10. The second kappa shape index (κ2) is 59.7. The van der Waals surface area contributed by atoms with Gasteiger partial charge in [-0.1, -0.05) is 156 Å². The minimum Gasteiger partial charge on any atom is -0.387 e. The molecule has 314 valence electrons. The van der Waals surface area contributed by atoms with Gasteiger partial charge in [-0.05, 0) is 25.7 Å². The summed E-state index contributed by atoms with van der Waals surface area (Å²) < 4.78 is 0.133. The van der Waals surface area contributed by atoms with Gasteiger partial charge >= 0.3 is 21.1 Å². The standard InChI is InChI=1S/4C9H18O2S2.Mo/c4*1-2-3-4-5-6-7-8-10-11-9(12)13;/h4*2-8H2,1H3,(H,12,13);/q;;;;+4/p-4. The first kappa shape index (κ1) is 63.1. The van der Waals surface area contributed by atoms with Crippen molar-refractivity contribution in [2.75, 3.05) is 26.4 Å². The molecule has 53 heavy (non-hydrogen) atoms. The van der Waals surface area contributed by atoms with Gasteiger partial charge in [0.15, 0.2) is 0 Å². The van der Waals surface area contributed by atoms with E-state index in [9.17, 15) is 0 Å². The van der Waals surface area contributed by atoms with Crippen LogP contribution in [0.5, 0.6) is 0 Å². The zero-order valence-corrected chi connectivity index (χ0v) is 41.3. The molecule has 0 aromatic carbocycles.